The van der Waals surface area contributed by atoms with Gasteiger partial charge in [0.25, 0.3) is 5.91 Å². The Hall–Kier alpha value is -1.90. The van der Waals surface area contributed by atoms with Gasteiger partial charge in [-0.3, -0.25) is 4.79 Å². The van der Waals surface area contributed by atoms with Crippen molar-refractivity contribution in [2.24, 2.45) is 5.14 Å². The molecule has 8 heteroatoms. The number of ether oxygens (including phenoxy) is 1. The van der Waals surface area contributed by atoms with Crippen LogP contribution in [0.2, 0.25) is 0 Å². The molecule has 1 heterocycles. The molecule has 0 unspecified atom stereocenters. The summed E-state index contributed by atoms with van der Waals surface area (Å²) in [4.78, 5) is 14.3. The van der Waals surface area contributed by atoms with E-state index in [4.69, 9.17) is 9.88 Å². The summed E-state index contributed by atoms with van der Waals surface area (Å²) in [6.45, 7) is 0. The summed E-state index contributed by atoms with van der Waals surface area (Å²) in [5, 5.41) is 7.87. The van der Waals surface area contributed by atoms with Gasteiger partial charge in [0, 0.05) is 4.88 Å². The lowest BCUT2D eigenvalue weighted by Crippen LogP contribution is -2.15. The van der Waals surface area contributed by atoms with Crippen molar-refractivity contribution in [2.45, 2.75) is 30.6 Å². The Morgan fingerprint density at radius 1 is 1.25 bits per heavy atom. The molecule has 0 fully saturated rings. The zero-order valence-corrected chi connectivity index (χ0v) is 14.8. The number of thiophene rings is 1. The number of carbonyl (C=O) groups excluding carboxylic acids is 1. The maximum atomic E-state index is 12.5. The molecule has 128 valence electrons. The standard InChI is InChI=1S/C16H18N2O4S2/c1-22-13-7-6-11(24(17,20)21)9-12(13)18-16(19)15-8-10-4-2-3-5-14(10)23-15/h6-9H,2-5H2,1H3,(H,18,19)(H2,17,20,21). The molecule has 0 radical (unpaired) electrons. The highest BCUT2D eigenvalue weighted by atomic mass is 32.2. The average molecular weight is 366 g/mol. The Labute approximate surface area is 144 Å². The molecule has 3 N–H and O–H groups in total. The molecule has 1 amide bonds. The number of rotatable bonds is 4. The predicted octanol–water partition coefficient (Wildman–Crippen LogP) is 2.54. The molecule has 1 aromatic carbocycles. The lowest BCUT2D eigenvalue weighted by Gasteiger charge is -2.11. The van der Waals surface area contributed by atoms with Crippen LogP contribution >= 0.6 is 11.3 Å². The van der Waals surface area contributed by atoms with Crippen molar-refractivity contribution < 1.29 is 17.9 Å². The fourth-order valence-corrected chi connectivity index (χ4v) is 4.44. The number of benzene rings is 1. The van der Waals surface area contributed by atoms with Gasteiger partial charge in [-0.05, 0) is 55.5 Å². The Bertz CT molecular complexity index is 864. The largest absolute Gasteiger partial charge is 0.495 e. The molecule has 0 saturated heterocycles. The second-order valence-corrected chi connectivity index (χ2v) is 8.33. The number of nitrogens with two attached hydrogens (primary N) is 1. The molecular weight excluding hydrogens is 348 g/mol. The Balaban J connectivity index is 1.89. The lowest BCUT2D eigenvalue weighted by molar-refractivity contribution is 0.103. The van der Waals surface area contributed by atoms with Gasteiger partial charge in [0.15, 0.2) is 0 Å². The molecule has 0 saturated carbocycles. The quantitative estimate of drug-likeness (QED) is 0.868. The number of nitrogens with one attached hydrogen (secondary N) is 1. The molecule has 3 rings (SSSR count). The van der Waals surface area contributed by atoms with Crippen molar-refractivity contribution in [1.82, 2.24) is 0 Å². The predicted molar refractivity (Wildman–Crippen MR) is 93.3 cm³/mol. The number of carbonyl (C=O) groups is 1. The van der Waals surface area contributed by atoms with E-state index in [1.54, 1.807) is 0 Å². The van der Waals surface area contributed by atoms with E-state index < -0.39 is 10.0 Å². The van der Waals surface area contributed by atoms with E-state index in [-0.39, 0.29) is 16.5 Å². The van der Waals surface area contributed by atoms with Crippen LogP contribution in [0.3, 0.4) is 0 Å². The first-order valence-corrected chi connectivity index (χ1v) is 9.88. The number of aryl methyl sites for hydroxylation is 2. The van der Waals surface area contributed by atoms with E-state index in [1.807, 2.05) is 6.07 Å². The molecule has 0 bridgehead atoms. The molecule has 6 nitrogen and oxygen atoms in total. The highest BCUT2D eigenvalue weighted by Gasteiger charge is 2.19. The smallest absolute Gasteiger partial charge is 0.265 e. The summed E-state index contributed by atoms with van der Waals surface area (Å²) in [6, 6.07) is 6.03. The highest BCUT2D eigenvalue weighted by Crippen LogP contribution is 2.32. The summed E-state index contributed by atoms with van der Waals surface area (Å²) in [5.74, 6) is 0.0938. The Kier molecular flexibility index (Phi) is 4.62. The van der Waals surface area contributed by atoms with Gasteiger partial charge in [0.1, 0.15) is 5.75 Å². The van der Waals surface area contributed by atoms with Crippen LogP contribution in [0.15, 0.2) is 29.2 Å². The number of methoxy groups -OCH3 is 1. The minimum absolute atomic E-state index is 0.0796. The summed E-state index contributed by atoms with van der Waals surface area (Å²) < 4.78 is 28.2. The second-order valence-electron chi connectivity index (χ2n) is 5.63. The highest BCUT2D eigenvalue weighted by molar-refractivity contribution is 7.89. The lowest BCUT2D eigenvalue weighted by atomic mass is 9.99. The molecule has 0 spiro atoms. The molecule has 1 aliphatic rings. The van der Waals surface area contributed by atoms with Crippen LogP contribution in [0, 0.1) is 0 Å². The maximum absolute atomic E-state index is 12.5. The number of fused-ring (bicyclic) bond motifs is 1. The monoisotopic (exact) mass is 366 g/mol. The van der Waals surface area contributed by atoms with E-state index in [0.29, 0.717) is 10.6 Å². The van der Waals surface area contributed by atoms with Crippen molar-refractivity contribution in [2.75, 3.05) is 12.4 Å². The van der Waals surface area contributed by atoms with Crippen molar-refractivity contribution in [3.63, 3.8) is 0 Å². The fourth-order valence-electron chi connectivity index (χ4n) is 2.75. The van der Waals surface area contributed by atoms with E-state index in [0.717, 1.165) is 25.7 Å². The number of primary sulfonamides is 1. The molecule has 24 heavy (non-hydrogen) atoms. The second kappa shape index (κ2) is 6.54. The molecule has 0 aliphatic heterocycles. The van der Waals surface area contributed by atoms with Gasteiger partial charge < -0.3 is 10.1 Å². The van der Waals surface area contributed by atoms with Crippen LogP contribution in [0.5, 0.6) is 5.75 Å². The van der Waals surface area contributed by atoms with Gasteiger partial charge in [-0.15, -0.1) is 11.3 Å². The molecule has 1 aliphatic carbocycles. The average Bonchev–Trinajstić information content (AvgIpc) is 2.98. The summed E-state index contributed by atoms with van der Waals surface area (Å²) in [5.41, 5.74) is 1.52. The van der Waals surface area contributed by atoms with E-state index in [9.17, 15) is 13.2 Å². The number of amides is 1. The van der Waals surface area contributed by atoms with Crippen LogP contribution in [0.4, 0.5) is 5.69 Å². The topological polar surface area (TPSA) is 98.5 Å². The number of hydrogen-bond donors (Lipinski definition) is 2. The number of hydrogen-bond acceptors (Lipinski definition) is 5. The van der Waals surface area contributed by atoms with Crippen LogP contribution in [0.1, 0.15) is 33.0 Å². The van der Waals surface area contributed by atoms with Crippen LogP contribution in [-0.4, -0.2) is 21.4 Å². The Morgan fingerprint density at radius 2 is 2.00 bits per heavy atom. The number of sulfonamides is 1. The first kappa shape index (κ1) is 16.9. The van der Waals surface area contributed by atoms with E-state index in [1.165, 1.54) is 47.1 Å². The normalized spacial score (nSPS) is 14.1. The van der Waals surface area contributed by atoms with Crippen molar-refractivity contribution in [3.05, 3.63) is 39.6 Å². The molecule has 1 aromatic heterocycles. The molecule has 0 atom stereocenters. The maximum Gasteiger partial charge on any atom is 0.265 e. The van der Waals surface area contributed by atoms with Gasteiger partial charge in [-0.25, -0.2) is 13.6 Å². The van der Waals surface area contributed by atoms with Gasteiger partial charge in [0.05, 0.1) is 22.6 Å². The van der Waals surface area contributed by atoms with Gasteiger partial charge in [0.2, 0.25) is 10.0 Å². The zero-order chi connectivity index (χ0) is 17.3. The summed E-state index contributed by atoms with van der Waals surface area (Å²) in [6.07, 6.45) is 4.31. The van der Waals surface area contributed by atoms with Crippen molar-refractivity contribution >= 4 is 33.0 Å². The fraction of sp³-hybridized carbons (Fsp3) is 0.312. The minimum atomic E-state index is -3.86. The van der Waals surface area contributed by atoms with Gasteiger partial charge >= 0.3 is 0 Å². The van der Waals surface area contributed by atoms with Crippen LogP contribution < -0.4 is 15.2 Å². The zero-order valence-electron chi connectivity index (χ0n) is 13.2. The molecule has 2 aromatic rings. The third-order valence-electron chi connectivity index (χ3n) is 3.97. The van der Waals surface area contributed by atoms with E-state index >= 15 is 0 Å². The summed E-state index contributed by atoms with van der Waals surface area (Å²) in [7, 11) is -2.41. The summed E-state index contributed by atoms with van der Waals surface area (Å²) >= 11 is 1.49. The van der Waals surface area contributed by atoms with E-state index in [2.05, 4.69) is 5.32 Å². The van der Waals surface area contributed by atoms with Crippen molar-refractivity contribution in [3.8, 4) is 5.75 Å². The van der Waals surface area contributed by atoms with Crippen molar-refractivity contribution in [1.29, 1.82) is 0 Å². The SMILES string of the molecule is COc1ccc(S(N)(=O)=O)cc1NC(=O)c1cc2c(s1)CCCC2. The van der Waals surface area contributed by atoms with Crippen LogP contribution in [-0.2, 0) is 22.9 Å². The van der Waals surface area contributed by atoms with Gasteiger partial charge in [-0.2, -0.15) is 0 Å². The first-order chi connectivity index (χ1) is 11.4. The third kappa shape index (κ3) is 3.45. The number of anilines is 1. The van der Waals surface area contributed by atoms with Gasteiger partial charge in [-0.1, -0.05) is 0 Å². The Morgan fingerprint density at radius 3 is 2.67 bits per heavy atom. The first-order valence-electron chi connectivity index (χ1n) is 7.52. The minimum Gasteiger partial charge on any atom is -0.495 e. The molecular formula is C16H18N2O4S2. The van der Waals surface area contributed by atoms with Crippen LogP contribution in [0.25, 0.3) is 0 Å². The third-order valence-corrected chi connectivity index (χ3v) is 6.11.